The molecular formula is C21H39NO7. The molecule has 170 valence electrons. The Labute approximate surface area is 173 Å². The second-order valence-corrected chi connectivity index (χ2v) is 7.39. The standard InChI is InChI=1S/C21H39NO7/c1-3-5-7-8-9-10-11-13-15-22(14-12-6-4-2)20(27)18(25)16(23)17(24)19(26)21(28)29/h13,15-19,23-26H,3-12,14H2,1-2H3,(H,28,29)/t16-,17-,18+,19-/m1/s1. The van der Waals surface area contributed by atoms with Crippen LogP contribution in [-0.4, -0.2) is 73.3 Å². The van der Waals surface area contributed by atoms with Crippen molar-refractivity contribution in [2.45, 2.75) is 102 Å². The predicted octanol–water partition coefficient (Wildman–Crippen LogP) is 1.80. The Morgan fingerprint density at radius 3 is 1.90 bits per heavy atom. The third-order valence-corrected chi connectivity index (χ3v) is 4.80. The number of aliphatic hydroxyl groups is 4. The number of unbranched alkanes of at least 4 members (excludes halogenated alkanes) is 8. The van der Waals surface area contributed by atoms with Crippen LogP contribution in [0.5, 0.6) is 0 Å². The third kappa shape index (κ3) is 11.3. The van der Waals surface area contributed by atoms with Crippen LogP contribution in [0.25, 0.3) is 0 Å². The Morgan fingerprint density at radius 2 is 1.31 bits per heavy atom. The number of carbonyl (C=O) groups is 2. The summed E-state index contributed by atoms with van der Waals surface area (Å²) >= 11 is 0. The monoisotopic (exact) mass is 417 g/mol. The maximum absolute atomic E-state index is 12.5. The van der Waals surface area contributed by atoms with Gasteiger partial charge in [0.15, 0.2) is 12.2 Å². The lowest BCUT2D eigenvalue weighted by Crippen LogP contribution is -2.52. The number of hydrogen-bond acceptors (Lipinski definition) is 6. The summed E-state index contributed by atoms with van der Waals surface area (Å²) < 4.78 is 0. The van der Waals surface area contributed by atoms with Gasteiger partial charge < -0.3 is 30.4 Å². The van der Waals surface area contributed by atoms with E-state index in [1.54, 1.807) is 6.20 Å². The summed E-state index contributed by atoms with van der Waals surface area (Å²) in [7, 11) is 0. The van der Waals surface area contributed by atoms with Crippen molar-refractivity contribution >= 4 is 11.9 Å². The van der Waals surface area contributed by atoms with Gasteiger partial charge in [0.1, 0.15) is 12.2 Å². The van der Waals surface area contributed by atoms with E-state index in [-0.39, 0.29) is 0 Å². The summed E-state index contributed by atoms with van der Waals surface area (Å²) in [5, 5.41) is 47.7. The first-order chi connectivity index (χ1) is 13.8. The van der Waals surface area contributed by atoms with Crippen LogP contribution in [0.15, 0.2) is 12.3 Å². The van der Waals surface area contributed by atoms with E-state index in [1.165, 1.54) is 30.6 Å². The Hall–Kier alpha value is -1.48. The van der Waals surface area contributed by atoms with Gasteiger partial charge in [-0.1, -0.05) is 64.9 Å². The molecule has 0 spiro atoms. The van der Waals surface area contributed by atoms with Gasteiger partial charge in [-0.25, -0.2) is 4.79 Å². The van der Waals surface area contributed by atoms with Gasteiger partial charge in [0.05, 0.1) is 0 Å². The molecule has 0 aliphatic heterocycles. The van der Waals surface area contributed by atoms with Crippen LogP contribution in [0.2, 0.25) is 0 Å². The number of carboxylic acid groups (broad SMARTS) is 1. The first-order valence-electron chi connectivity index (χ1n) is 10.7. The number of rotatable bonds is 17. The lowest BCUT2D eigenvalue weighted by Gasteiger charge is -2.27. The topological polar surface area (TPSA) is 139 Å². The Morgan fingerprint density at radius 1 is 0.793 bits per heavy atom. The molecule has 0 aliphatic rings. The van der Waals surface area contributed by atoms with Crippen LogP contribution in [0, 0.1) is 0 Å². The molecule has 0 aromatic rings. The zero-order chi connectivity index (χ0) is 22.2. The molecule has 0 unspecified atom stereocenters. The van der Waals surface area contributed by atoms with Gasteiger partial charge in [0, 0.05) is 12.7 Å². The molecule has 0 saturated heterocycles. The van der Waals surface area contributed by atoms with Gasteiger partial charge in [-0.3, -0.25) is 4.79 Å². The first kappa shape index (κ1) is 27.5. The molecule has 1 amide bonds. The van der Waals surface area contributed by atoms with Gasteiger partial charge in [-0.05, 0) is 19.3 Å². The predicted molar refractivity (Wildman–Crippen MR) is 110 cm³/mol. The number of nitrogens with zero attached hydrogens (tertiary/aromatic N) is 1. The van der Waals surface area contributed by atoms with E-state index in [1.807, 2.05) is 13.0 Å². The zero-order valence-electron chi connectivity index (χ0n) is 17.7. The molecule has 29 heavy (non-hydrogen) atoms. The van der Waals surface area contributed by atoms with Gasteiger partial charge in [-0.2, -0.15) is 0 Å². The fraction of sp³-hybridized carbons (Fsp3) is 0.810. The summed E-state index contributed by atoms with van der Waals surface area (Å²) in [6.07, 6.45) is 4.99. The summed E-state index contributed by atoms with van der Waals surface area (Å²) in [4.78, 5) is 24.5. The van der Waals surface area contributed by atoms with Crippen molar-refractivity contribution < 1.29 is 35.1 Å². The van der Waals surface area contributed by atoms with Gasteiger partial charge in [0.25, 0.3) is 5.91 Å². The van der Waals surface area contributed by atoms with Crippen molar-refractivity contribution in [1.29, 1.82) is 0 Å². The minimum atomic E-state index is -2.30. The molecule has 0 aliphatic carbocycles. The maximum Gasteiger partial charge on any atom is 0.335 e. The highest BCUT2D eigenvalue weighted by molar-refractivity contribution is 5.82. The van der Waals surface area contributed by atoms with Crippen molar-refractivity contribution in [3.05, 3.63) is 12.3 Å². The number of carboxylic acids is 1. The Bertz CT molecular complexity index is 484. The van der Waals surface area contributed by atoms with Crippen LogP contribution < -0.4 is 0 Å². The van der Waals surface area contributed by atoms with Crippen molar-refractivity contribution in [3.8, 4) is 0 Å². The normalized spacial score (nSPS) is 15.8. The van der Waals surface area contributed by atoms with E-state index in [0.717, 1.165) is 32.1 Å². The Kier molecular flexibility index (Phi) is 15.5. The van der Waals surface area contributed by atoms with Crippen molar-refractivity contribution in [2.75, 3.05) is 6.54 Å². The molecular weight excluding hydrogens is 378 g/mol. The molecule has 0 aromatic heterocycles. The zero-order valence-corrected chi connectivity index (χ0v) is 17.7. The molecule has 5 N–H and O–H groups in total. The first-order valence-corrected chi connectivity index (χ1v) is 10.7. The van der Waals surface area contributed by atoms with E-state index in [9.17, 15) is 30.0 Å². The number of carbonyl (C=O) groups excluding carboxylic acids is 1. The van der Waals surface area contributed by atoms with E-state index < -0.39 is 36.3 Å². The molecule has 0 saturated carbocycles. The van der Waals surface area contributed by atoms with Crippen molar-refractivity contribution in [1.82, 2.24) is 4.90 Å². The average molecular weight is 418 g/mol. The van der Waals surface area contributed by atoms with E-state index >= 15 is 0 Å². The smallest absolute Gasteiger partial charge is 0.335 e. The second kappa shape index (κ2) is 16.3. The highest BCUT2D eigenvalue weighted by Gasteiger charge is 2.38. The fourth-order valence-electron chi connectivity index (χ4n) is 2.87. The van der Waals surface area contributed by atoms with Crippen molar-refractivity contribution in [2.24, 2.45) is 0 Å². The third-order valence-electron chi connectivity index (χ3n) is 4.80. The minimum Gasteiger partial charge on any atom is -0.479 e. The van der Waals surface area contributed by atoms with E-state index in [2.05, 4.69) is 6.92 Å². The van der Waals surface area contributed by atoms with Gasteiger partial charge >= 0.3 is 5.97 Å². The maximum atomic E-state index is 12.5. The number of aliphatic carboxylic acids is 1. The van der Waals surface area contributed by atoms with Crippen LogP contribution in [0.1, 0.15) is 78.1 Å². The fourth-order valence-corrected chi connectivity index (χ4v) is 2.87. The summed E-state index contributed by atoms with van der Waals surface area (Å²) in [5.74, 6) is -2.60. The lowest BCUT2D eigenvalue weighted by atomic mass is 10.0. The van der Waals surface area contributed by atoms with Crippen LogP contribution >= 0.6 is 0 Å². The largest absolute Gasteiger partial charge is 0.479 e. The molecule has 0 radical (unpaired) electrons. The molecule has 8 heteroatoms. The molecule has 0 aromatic carbocycles. The number of amides is 1. The molecule has 0 heterocycles. The van der Waals surface area contributed by atoms with Gasteiger partial charge in [-0.15, -0.1) is 0 Å². The number of aliphatic hydroxyl groups excluding tert-OH is 4. The molecule has 4 atom stereocenters. The van der Waals surface area contributed by atoms with Gasteiger partial charge in [0.2, 0.25) is 0 Å². The summed E-state index contributed by atoms with van der Waals surface area (Å²) in [5.41, 5.74) is 0. The lowest BCUT2D eigenvalue weighted by molar-refractivity contribution is -0.168. The number of allylic oxidation sites excluding steroid dienone is 1. The van der Waals surface area contributed by atoms with Crippen molar-refractivity contribution in [3.63, 3.8) is 0 Å². The minimum absolute atomic E-state index is 0.334. The van der Waals surface area contributed by atoms with E-state index in [0.29, 0.717) is 13.0 Å². The average Bonchev–Trinajstić information content (AvgIpc) is 2.71. The number of hydrogen-bond donors (Lipinski definition) is 5. The van der Waals surface area contributed by atoms with Crippen LogP contribution in [0.4, 0.5) is 0 Å². The van der Waals surface area contributed by atoms with Crippen LogP contribution in [-0.2, 0) is 9.59 Å². The summed E-state index contributed by atoms with van der Waals surface area (Å²) in [6, 6.07) is 0. The molecule has 0 fully saturated rings. The summed E-state index contributed by atoms with van der Waals surface area (Å²) in [6.45, 7) is 4.52. The molecule has 0 bridgehead atoms. The highest BCUT2D eigenvalue weighted by Crippen LogP contribution is 2.12. The second-order valence-electron chi connectivity index (χ2n) is 7.39. The Balaban J connectivity index is 4.79. The highest BCUT2D eigenvalue weighted by atomic mass is 16.4. The quantitative estimate of drug-likeness (QED) is 0.227. The molecule has 8 nitrogen and oxygen atoms in total. The van der Waals surface area contributed by atoms with E-state index in [4.69, 9.17) is 5.11 Å². The SMILES string of the molecule is CCCCCCCCC=CN(CCCCC)C(=O)[C@@H](O)[C@H](O)[C@@H](O)[C@@H](O)C(=O)O. The molecule has 0 rings (SSSR count). The van der Waals surface area contributed by atoms with Crippen LogP contribution in [0.3, 0.4) is 0 Å².